The van der Waals surface area contributed by atoms with E-state index in [1.807, 2.05) is 48.5 Å². The number of aromatic nitrogens is 3. The van der Waals surface area contributed by atoms with Crippen molar-refractivity contribution in [1.82, 2.24) is 14.6 Å². The second-order valence-corrected chi connectivity index (χ2v) is 8.88. The number of fused-ring (bicyclic) bond motifs is 3. The highest BCUT2D eigenvalue weighted by atomic mass is 35.5. The topological polar surface area (TPSA) is 50.5 Å². The molecule has 5 nitrogen and oxygen atoms in total. The number of nitrogens with zero attached hydrogens (tertiary/aromatic N) is 4. The van der Waals surface area contributed by atoms with Gasteiger partial charge >= 0.3 is 6.18 Å². The van der Waals surface area contributed by atoms with E-state index in [2.05, 4.69) is 10.2 Å². The zero-order valence-corrected chi connectivity index (χ0v) is 18.6. The number of alkyl halides is 3. The molecule has 0 unspecified atom stereocenters. The molecule has 0 saturated heterocycles. The maximum atomic E-state index is 13.4. The second kappa shape index (κ2) is 8.39. The molecule has 4 aromatic rings. The number of pyridine rings is 1. The third kappa shape index (κ3) is 4.06. The highest BCUT2D eigenvalue weighted by Gasteiger charge is 2.32. The summed E-state index contributed by atoms with van der Waals surface area (Å²) in [5.41, 5.74) is 2.92. The van der Waals surface area contributed by atoms with E-state index < -0.39 is 11.7 Å². The quantitative estimate of drug-likeness (QED) is 0.334. The van der Waals surface area contributed by atoms with Crippen LogP contribution in [-0.2, 0) is 23.8 Å². The van der Waals surface area contributed by atoms with Crippen molar-refractivity contribution < 1.29 is 18.0 Å². The van der Waals surface area contributed by atoms with Crippen molar-refractivity contribution in [2.24, 2.45) is 0 Å². The molecule has 2 aromatic heterocycles. The monoisotopic (exact) mass is 488 g/mol. The maximum absolute atomic E-state index is 13.4. The molecule has 1 aliphatic rings. The first kappa shape index (κ1) is 21.8. The van der Waals surface area contributed by atoms with Crippen LogP contribution in [0.4, 0.5) is 24.5 Å². The molecule has 0 spiro atoms. The summed E-state index contributed by atoms with van der Waals surface area (Å²) in [5, 5.41) is 7.84. The summed E-state index contributed by atoms with van der Waals surface area (Å²) >= 11 is 7.00. The summed E-state index contributed by atoms with van der Waals surface area (Å²) in [6, 6.07) is 16.3. The molecule has 33 heavy (non-hydrogen) atoms. The lowest BCUT2D eigenvalue weighted by Gasteiger charge is -2.24. The molecule has 0 N–H and O–H groups in total. The number of benzene rings is 2. The van der Waals surface area contributed by atoms with Crippen LogP contribution in [0.5, 0.6) is 0 Å². The van der Waals surface area contributed by atoms with Gasteiger partial charge in [-0.25, -0.2) is 0 Å². The zero-order valence-electron chi connectivity index (χ0n) is 17.0. The van der Waals surface area contributed by atoms with Gasteiger partial charge < -0.3 is 0 Å². The molecular formula is C23H16ClF3N4OS. The molecule has 168 valence electrons. The predicted molar refractivity (Wildman–Crippen MR) is 121 cm³/mol. The lowest BCUT2D eigenvalue weighted by atomic mass is 10.0. The van der Waals surface area contributed by atoms with Gasteiger partial charge in [-0.15, -0.1) is 10.2 Å². The van der Waals surface area contributed by atoms with Gasteiger partial charge in [0.15, 0.2) is 10.8 Å². The number of aryl methyl sites for hydroxylation is 2. The lowest BCUT2D eigenvalue weighted by Crippen LogP contribution is -2.28. The number of halogens is 4. The van der Waals surface area contributed by atoms with Crippen molar-refractivity contribution in [3.05, 3.63) is 82.5 Å². The summed E-state index contributed by atoms with van der Waals surface area (Å²) in [4.78, 5) is 15.1. The van der Waals surface area contributed by atoms with Crippen molar-refractivity contribution in [3.63, 3.8) is 0 Å². The van der Waals surface area contributed by atoms with E-state index in [1.165, 1.54) is 4.40 Å². The van der Waals surface area contributed by atoms with E-state index in [-0.39, 0.29) is 27.5 Å². The third-order valence-electron chi connectivity index (χ3n) is 5.46. The summed E-state index contributed by atoms with van der Waals surface area (Å²) in [6.07, 6.45) is -2.07. The second-order valence-electron chi connectivity index (χ2n) is 7.53. The number of anilines is 2. The minimum Gasteiger partial charge on any atom is -0.280 e. The molecule has 10 heteroatoms. The lowest BCUT2D eigenvalue weighted by molar-refractivity contribution is -0.137. The highest BCUT2D eigenvalue weighted by molar-refractivity contribution is 7.99. The summed E-state index contributed by atoms with van der Waals surface area (Å²) in [7, 11) is 0. The van der Waals surface area contributed by atoms with Crippen LogP contribution in [0.3, 0.4) is 0 Å². The fourth-order valence-corrected chi connectivity index (χ4v) is 4.93. The summed E-state index contributed by atoms with van der Waals surface area (Å²) in [5.74, 6) is -0.256. The van der Waals surface area contributed by atoms with E-state index in [4.69, 9.17) is 11.6 Å². The van der Waals surface area contributed by atoms with Crippen LogP contribution < -0.4 is 4.90 Å². The number of rotatable bonds is 3. The number of thioether (sulfide) groups is 1. The van der Waals surface area contributed by atoms with Gasteiger partial charge in [0.1, 0.15) is 0 Å². The van der Waals surface area contributed by atoms with Gasteiger partial charge in [-0.2, -0.15) is 13.2 Å². The highest BCUT2D eigenvalue weighted by Crippen LogP contribution is 2.37. The maximum Gasteiger partial charge on any atom is 0.417 e. The molecule has 0 bridgehead atoms. The predicted octanol–water partition coefficient (Wildman–Crippen LogP) is 5.96. The normalized spacial score (nSPS) is 13.5. The fourth-order valence-electron chi connectivity index (χ4n) is 3.93. The molecule has 0 atom stereocenters. The smallest absolute Gasteiger partial charge is 0.280 e. The molecular weight excluding hydrogens is 473 g/mol. The molecule has 0 aliphatic carbocycles. The minimum absolute atomic E-state index is 0.0443. The van der Waals surface area contributed by atoms with Crippen LogP contribution in [0.1, 0.15) is 16.7 Å². The fraction of sp³-hybridized carbons (Fsp3) is 0.174. The SMILES string of the molecule is O=C(CSc1nnc2c(Cl)cc(C(F)(F)F)cn12)N1c2ccccc2CCc2ccccc21. The van der Waals surface area contributed by atoms with Gasteiger partial charge in [-0.05, 0) is 42.2 Å². The van der Waals surface area contributed by atoms with Crippen LogP contribution in [0, 0.1) is 0 Å². The average molecular weight is 489 g/mol. The zero-order chi connectivity index (χ0) is 23.2. The first-order valence-electron chi connectivity index (χ1n) is 10.1. The molecule has 2 aromatic carbocycles. The third-order valence-corrected chi connectivity index (χ3v) is 6.66. The first-order chi connectivity index (χ1) is 15.8. The Kier molecular flexibility index (Phi) is 5.54. The number of carbonyl (C=O) groups excluding carboxylic acids is 1. The molecule has 1 amide bonds. The Labute approximate surface area is 196 Å². The Morgan fingerprint density at radius 1 is 1.00 bits per heavy atom. The van der Waals surface area contributed by atoms with E-state index >= 15 is 0 Å². The van der Waals surface area contributed by atoms with E-state index in [1.54, 1.807) is 4.90 Å². The standard InChI is InChI=1S/C23H16ClF3N4OS/c24-17-11-16(23(25,26)27)12-30-21(17)28-29-22(30)33-13-20(32)31-18-7-3-1-5-14(18)9-10-15-6-2-4-8-19(15)31/h1-8,11-12H,9-10,13H2. The average Bonchev–Trinajstić information content (AvgIpc) is 3.13. The minimum atomic E-state index is -4.57. The Bertz CT molecular complexity index is 1320. The van der Waals surface area contributed by atoms with Crippen molar-refractivity contribution in [2.75, 3.05) is 10.7 Å². The molecule has 1 aliphatic heterocycles. The van der Waals surface area contributed by atoms with Gasteiger partial charge in [0.2, 0.25) is 5.91 Å². The largest absolute Gasteiger partial charge is 0.417 e. The van der Waals surface area contributed by atoms with Crippen LogP contribution in [0.25, 0.3) is 5.65 Å². The van der Waals surface area contributed by atoms with Crippen molar-refractivity contribution in [2.45, 2.75) is 24.2 Å². The van der Waals surface area contributed by atoms with Crippen LogP contribution in [0.15, 0.2) is 66.0 Å². The first-order valence-corrected chi connectivity index (χ1v) is 11.4. The summed E-state index contributed by atoms with van der Waals surface area (Å²) < 4.78 is 40.9. The van der Waals surface area contributed by atoms with Gasteiger partial charge in [0.25, 0.3) is 0 Å². The molecule has 5 rings (SSSR count). The van der Waals surface area contributed by atoms with Crippen molar-refractivity contribution >= 4 is 46.3 Å². The molecule has 0 radical (unpaired) electrons. The number of hydrogen-bond acceptors (Lipinski definition) is 4. The number of carbonyl (C=O) groups is 1. The van der Waals surface area contributed by atoms with Gasteiger partial charge in [-0.3, -0.25) is 14.1 Å². The van der Waals surface area contributed by atoms with Crippen molar-refractivity contribution in [3.8, 4) is 0 Å². The van der Waals surface area contributed by atoms with E-state index in [0.717, 1.165) is 59.4 Å². The van der Waals surface area contributed by atoms with Gasteiger partial charge in [-0.1, -0.05) is 59.8 Å². The van der Waals surface area contributed by atoms with E-state index in [0.29, 0.717) is 0 Å². The summed E-state index contributed by atoms with van der Waals surface area (Å²) in [6.45, 7) is 0. The van der Waals surface area contributed by atoms with Gasteiger partial charge in [0, 0.05) is 6.20 Å². The van der Waals surface area contributed by atoms with Crippen LogP contribution >= 0.6 is 23.4 Å². The van der Waals surface area contributed by atoms with E-state index in [9.17, 15) is 18.0 Å². The Hall–Kier alpha value is -3.04. The Balaban J connectivity index is 1.48. The molecule has 0 fully saturated rings. The van der Waals surface area contributed by atoms with Crippen molar-refractivity contribution in [1.29, 1.82) is 0 Å². The Morgan fingerprint density at radius 2 is 1.61 bits per heavy atom. The number of amides is 1. The molecule has 0 saturated carbocycles. The number of para-hydroxylation sites is 2. The van der Waals surface area contributed by atoms with Crippen LogP contribution in [-0.4, -0.2) is 26.3 Å². The van der Waals surface area contributed by atoms with Gasteiger partial charge in [0.05, 0.1) is 27.7 Å². The Morgan fingerprint density at radius 3 is 2.21 bits per heavy atom. The molecule has 3 heterocycles. The number of hydrogen-bond donors (Lipinski definition) is 0. The van der Waals surface area contributed by atoms with Crippen LogP contribution in [0.2, 0.25) is 5.02 Å².